The van der Waals surface area contributed by atoms with Crippen molar-refractivity contribution in [2.45, 2.75) is 4.33 Å². The summed E-state index contributed by atoms with van der Waals surface area (Å²) >= 11 is 11.9. The summed E-state index contributed by atoms with van der Waals surface area (Å²) in [6, 6.07) is 9.11. The van der Waals surface area contributed by atoms with Gasteiger partial charge in [0.15, 0.2) is 0 Å². The first-order chi connectivity index (χ1) is 7.99. The second kappa shape index (κ2) is 4.43. The number of nitrogens with zero attached hydrogens (tertiary/aromatic N) is 2. The first kappa shape index (κ1) is 12.0. The smallest absolute Gasteiger partial charge is 0.449 e. The predicted octanol–water partition coefficient (Wildman–Crippen LogP) is 2.69. The summed E-state index contributed by atoms with van der Waals surface area (Å²) in [6.45, 7) is 0.128. The highest BCUT2D eigenvalue weighted by Crippen LogP contribution is 2.33. The van der Waals surface area contributed by atoms with Gasteiger partial charge in [-0.05, 0) is 12.1 Å². The summed E-state index contributed by atoms with van der Waals surface area (Å²) in [6.07, 6.45) is -1.50. The molecule has 7 heteroatoms. The van der Waals surface area contributed by atoms with E-state index in [-0.39, 0.29) is 12.4 Å². The lowest BCUT2D eigenvalue weighted by atomic mass is 10.3. The zero-order valence-corrected chi connectivity index (χ0v) is 10.0. The first-order valence-corrected chi connectivity index (χ1v) is 5.45. The van der Waals surface area contributed by atoms with Crippen LogP contribution in [0.1, 0.15) is 0 Å². The zero-order valence-electron chi connectivity index (χ0n) is 8.51. The number of halogens is 2. The molecular formula is C10H8Cl2N2O3. The van der Waals surface area contributed by atoms with E-state index in [4.69, 9.17) is 28.3 Å². The highest BCUT2D eigenvalue weighted by molar-refractivity contribution is 6.59. The average molecular weight is 275 g/mol. The van der Waals surface area contributed by atoms with Crippen LogP contribution < -0.4 is 5.01 Å². The maximum absolute atomic E-state index is 10.4. The Bertz CT molecular complexity index is 462. The van der Waals surface area contributed by atoms with E-state index in [1.807, 2.05) is 18.2 Å². The molecule has 0 radical (unpaired) electrons. The van der Waals surface area contributed by atoms with E-state index in [9.17, 15) is 4.79 Å². The topological polar surface area (TPSA) is 62.1 Å². The van der Waals surface area contributed by atoms with E-state index in [0.29, 0.717) is 0 Å². The highest BCUT2D eigenvalue weighted by Gasteiger charge is 2.43. The molecule has 17 heavy (non-hydrogen) atoms. The fraction of sp³-hybridized carbons (Fsp3) is 0.200. The molecule has 0 unspecified atom stereocenters. The summed E-state index contributed by atoms with van der Waals surface area (Å²) in [5.41, 5.74) is 0.752. The summed E-state index contributed by atoms with van der Waals surface area (Å²) < 4.78 is 2.98. The van der Waals surface area contributed by atoms with Gasteiger partial charge in [-0.3, -0.25) is 5.01 Å². The minimum atomic E-state index is -1.50. The number of alkyl halides is 2. The predicted molar refractivity (Wildman–Crippen MR) is 64.8 cm³/mol. The van der Waals surface area contributed by atoms with Crippen LogP contribution in [0, 0.1) is 0 Å². The maximum atomic E-state index is 10.4. The second-order valence-electron chi connectivity index (χ2n) is 3.37. The Morgan fingerprint density at radius 3 is 2.65 bits per heavy atom. The molecule has 0 amide bonds. The van der Waals surface area contributed by atoms with Gasteiger partial charge in [0.2, 0.25) is 4.33 Å². The quantitative estimate of drug-likeness (QED) is 0.632. The Morgan fingerprint density at radius 2 is 2.06 bits per heavy atom. The van der Waals surface area contributed by atoms with E-state index in [0.717, 1.165) is 5.69 Å². The number of hydrogen-bond acceptors (Lipinski definition) is 4. The molecule has 0 aromatic heterocycles. The number of carbonyl (C=O) groups is 1. The number of rotatable bonds is 1. The largest absolute Gasteiger partial charge is 0.512 e. The first-order valence-electron chi connectivity index (χ1n) is 4.69. The fourth-order valence-electron chi connectivity index (χ4n) is 1.40. The molecule has 5 nitrogen and oxygen atoms in total. The van der Waals surface area contributed by atoms with Gasteiger partial charge >= 0.3 is 6.16 Å². The number of benzene rings is 1. The third-order valence-corrected chi connectivity index (χ3v) is 2.67. The molecule has 1 aromatic rings. The van der Waals surface area contributed by atoms with E-state index < -0.39 is 10.5 Å². The van der Waals surface area contributed by atoms with E-state index in [1.165, 1.54) is 5.01 Å². The summed E-state index contributed by atoms with van der Waals surface area (Å²) in [5.74, 6) is -0.239. The summed E-state index contributed by atoms with van der Waals surface area (Å²) in [4.78, 5) is 10.4. The van der Waals surface area contributed by atoms with Crippen molar-refractivity contribution in [3.63, 3.8) is 0 Å². The number of hydrogen-bond donors (Lipinski definition) is 1. The molecule has 1 aliphatic rings. The molecule has 0 atom stereocenters. The van der Waals surface area contributed by atoms with Crippen LogP contribution in [0.2, 0.25) is 0 Å². The van der Waals surface area contributed by atoms with Crippen molar-refractivity contribution in [1.82, 2.24) is 0 Å². The van der Waals surface area contributed by atoms with Gasteiger partial charge in [-0.2, -0.15) is 0 Å². The van der Waals surface area contributed by atoms with Crippen LogP contribution in [-0.4, -0.2) is 28.0 Å². The third-order valence-electron chi connectivity index (χ3n) is 2.11. The molecule has 1 N–H and O–H groups in total. The van der Waals surface area contributed by atoms with Gasteiger partial charge in [0.05, 0.1) is 12.2 Å². The molecule has 0 spiro atoms. The lowest BCUT2D eigenvalue weighted by molar-refractivity contribution is 0.139. The second-order valence-corrected chi connectivity index (χ2v) is 4.85. The van der Waals surface area contributed by atoms with Gasteiger partial charge in [0.25, 0.3) is 5.90 Å². The van der Waals surface area contributed by atoms with Crippen LogP contribution in [0.4, 0.5) is 10.5 Å². The standard InChI is InChI=1S/C10H8Cl2N2O3/c11-10(12)6-14(7-4-2-1-3-5-7)13-8(10)17-9(15)16/h1-5H,6H2,(H,15,16). The Labute approximate surface area is 107 Å². The molecule has 90 valence electrons. The van der Waals surface area contributed by atoms with Gasteiger partial charge in [-0.1, -0.05) is 41.4 Å². The Hall–Kier alpha value is -1.46. The number of carboxylic acid groups (broad SMARTS) is 1. The molecule has 0 fully saturated rings. The van der Waals surface area contributed by atoms with Crippen LogP contribution in [0.15, 0.2) is 35.4 Å². The Morgan fingerprint density at radius 1 is 1.41 bits per heavy atom. The van der Waals surface area contributed by atoms with Crippen molar-refractivity contribution >= 4 is 40.9 Å². The van der Waals surface area contributed by atoms with E-state index >= 15 is 0 Å². The fourth-order valence-corrected chi connectivity index (χ4v) is 1.78. The molecule has 0 saturated heterocycles. The lowest BCUT2D eigenvalue weighted by Gasteiger charge is -2.16. The molecule has 1 aromatic carbocycles. The van der Waals surface area contributed by atoms with Crippen LogP contribution in [-0.2, 0) is 4.74 Å². The molecule has 2 rings (SSSR count). The molecule has 1 heterocycles. The van der Waals surface area contributed by atoms with E-state index in [2.05, 4.69) is 9.84 Å². The lowest BCUT2D eigenvalue weighted by Crippen LogP contribution is -2.31. The minimum absolute atomic E-state index is 0.128. The third kappa shape index (κ3) is 2.62. The van der Waals surface area contributed by atoms with Crippen molar-refractivity contribution in [2.24, 2.45) is 5.10 Å². The monoisotopic (exact) mass is 274 g/mol. The van der Waals surface area contributed by atoms with Crippen molar-refractivity contribution in [3.05, 3.63) is 30.3 Å². The van der Waals surface area contributed by atoms with Crippen LogP contribution in [0.3, 0.4) is 0 Å². The SMILES string of the molecule is O=C(O)OC1=NN(c2ccccc2)CC1(Cl)Cl. The van der Waals surface area contributed by atoms with Crippen LogP contribution in [0.5, 0.6) is 0 Å². The minimum Gasteiger partial charge on any atom is -0.449 e. The van der Waals surface area contributed by atoms with Crippen molar-refractivity contribution < 1.29 is 14.6 Å². The van der Waals surface area contributed by atoms with Gasteiger partial charge in [-0.15, -0.1) is 5.10 Å². The Balaban J connectivity index is 2.24. The molecule has 0 bridgehead atoms. The zero-order chi connectivity index (χ0) is 12.5. The molecule has 0 aliphatic carbocycles. The summed E-state index contributed by atoms with van der Waals surface area (Å²) in [7, 11) is 0. The maximum Gasteiger partial charge on any atom is 0.512 e. The number of hydrazone groups is 1. The van der Waals surface area contributed by atoms with Crippen LogP contribution in [0.25, 0.3) is 0 Å². The van der Waals surface area contributed by atoms with Gasteiger partial charge in [0, 0.05) is 0 Å². The van der Waals surface area contributed by atoms with Gasteiger partial charge in [0.1, 0.15) is 0 Å². The van der Waals surface area contributed by atoms with Crippen molar-refractivity contribution in [3.8, 4) is 0 Å². The highest BCUT2D eigenvalue weighted by atomic mass is 35.5. The van der Waals surface area contributed by atoms with Gasteiger partial charge < -0.3 is 9.84 Å². The summed E-state index contributed by atoms with van der Waals surface area (Å²) in [5, 5.41) is 13.9. The van der Waals surface area contributed by atoms with Crippen LogP contribution >= 0.6 is 23.2 Å². The molecular weight excluding hydrogens is 267 g/mol. The Kier molecular flexibility index (Phi) is 3.13. The number of para-hydroxylation sites is 1. The van der Waals surface area contributed by atoms with Gasteiger partial charge in [-0.25, -0.2) is 4.79 Å². The average Bonchev–Trinajstić information content (AvgIpc) is 2.55. The normalized spacial score (nSPS) is 17.8. The van der Waals surface area contributed by atoms with Crippen molar-refractivity contribution in [1.29, 1.82) is 0 Å². The number of ether oxygens (including phenoxy) is 1. The molecule has 1 aliphatic heterocycles. The number of anilines is 1. The van der Waals surface area contributed by atoms with Crippen molar-refractivity contribution in [2.75, 3.05) is 11.6 Å². The molecule has 0 saturated carbocycles. The van der Waals surface area contributed by atoms with E-state index in [1.54, 1.807) is 12.1 Å².